The first-order chi connectivity index (χ1) is 15.1. The van der Waals surface area contributed by atoms with Crippen LogP contribution >= 0.6 is 23.2 Å². The highest BCUT2D eigenvalue weighted by atomic mass is 35.5. The molecule has 0 radical (unpaired) electrons. The van der Waals surface area contributed by atoms with Gasteiger partial charge in [0.05, 0.1) is 28.9 Å². The summed E-state index contributed by atoms with van der Waals surface area (Å²) in [6.07, 6.45) is 3.57. The Morgan fingerprint density at radius 1 is 1.26 bits per heavy atom. The molecular formula is C21H25Cl2N5O3. The number of benzene rings is 1. The van der Waals surface area contributed by atoms with Crippen molar-refractivity contribution in [2.75, 3.05) is 56.2 Å². The zero-order chi connectivity index (χ0) is 21.8. The Kier molecular flexibility index (Phi) is 6.99. The smallest absolute Gasteiger partial charge is 0.258 e. The Hall–Kier alpha value is -2.29. The van der Waals surface area contributed by atoms with Crippen LogP contribution in [0.15, 0.2) is 24.4 Å². The highest BCUT2D eigenvalue weighted by molar-refractivity contribution is 6.43. The fraction of sp³-hybridized carbons (Fsp3) is 0.476. The molecule has 0 saturated carbocycles. The molecule has 0 aliphatic carbocycles. The Morgan fingerprint density at radius 2 is 2.03 bits per heavy atom. The topological polar surface area (TPSA) is 79.8 Å². The van der Waals surface area contributed by atoms with Gasteiger partial charge in [0.25, 0.3) is 5.91 Å². The lowest BCUT2D eigenvalue weighted by Crippen LogP contribution is -2.47. The molecule has 3 heterocycles. The quantitative estimate of drug-likeness (QED) is 0.701. The minimum atomic E-state index is -0.265. The van der Waals surface area contributed by atoms with Gasteiger partial charge in [-0.2, -0.15) is 4.98 Å². The number of methoxy groups -OCH3 is 1. The maximum atomic E-state index is 12.6. The molecule has 0 spiro atoms. The van der Waals surface area contributed by atoms with Gasteiger partial charge in [-0.25, -0.2) is 4.98 Å². The Bertz CT molecular complexity index is 931. The van der Waals surface area contributed by atoms with Gasteiger partial charge >= 0.3 is 0 Å². The summed E-state index contributed by atoms with van der Waals surface area (Å²) in [5, 5.41) is 3.99. The lowest BCUT2D eigenvalue weighted by molar-refractivity contribution is 0.0854. The van der Waals surface area contributed by atoms with Gasteiger partial charge in [0, 0.05) is 45.5 Å². The van der Waals surface area contributed by atoms with Gasteiger partial charge in [-0.1, -0.05) is 29.3 Å². The molecule has 10 heteroatoms. The second-order valence-electron chi connectivity index (χ2n) is 7.49. The van der Waals surface area contributed by atoms with E-state index in [1.54, 1.807) is 6.07 Å². The van der Waals surface area contributed by atoms with E-state index in [-0.39, 0.29) is 17.9 Å². The second kappa shape index (κ2) is 9.89. The summed E-state index contributed by atoms with van der Waals surface area (Å²) < 4.78 is 10.9. The van der Waals surface area contributed by atoms with E-state index in [0.717, 1.165) is 38.2 Å². The number of halogens is 2. The average molecular weight is 466 g/mol. The standard InChI is InChI=1S/C21H25Cl2N5O3/c1-30-20-15(19(29)24-12-14-4-3-11-31-14)13-25-21(26-20)28-9-7-27(8-10-28)17-6-2-5-16(22)18(17)23/h2,5-6,13-14H,3-4,7-12H2,1H3,(H,24,29). The summed E-state index contributed by atoms with van der Waals surface area (Å²) in [5.74, 6) is 0.527. The molecule has 2 fully saturated rings. The Labute approximate surface area is 191 Å². The summed E-state index contributed by atoms with van der Waals surface area (Å²) in [4.78, 5) is 25.7. The number of anilines is 2. The normalized spacial score (nSPS) is 18.9. The number of nitrogens with zero attached hydrogens (tertiary/aromatic N) is 4. The number of piperazine rings is 1. The molecule has 1 amide bonds. The third-order valence-corrected chi connectivity index (χ3v) is 6.34. The van der Waals surface area contributed by atoms with E-state index in [9.17, 15) is 4.79 Å². The van der Waals surface area contributed by atoms with Crippen LogP contribution in [0.3, 0.4) is 0 Å². The van der Waals surface area contributed by atoms with E-state index in [1.165, 1.54) is 13.3 Å². The van der Waals surface area contributed by atoms with Crippen molar-refractivity contribution in [2.45, 2.75) is 18.9 Å². The van der Waals surface area contributed by atoms with Crippen LogP contribution in [0.4, 0.5) is 11.6 Å². The SMILES string of the molecule is COc1nc(N2CCN(c3cccc(Cl)c3Cl)CC2)ncc1C(=O)NCC1CCCO1. The van der Waals surface area contributed by atoms with Gasteiger partial charge in [0.2, 0.25) is 11.8 Å². The van der Waals surface area contributed by atoms with E-state index in [2.05, 4.69) is 25.1 Å². The first kappa shape index (κ1) is 21.9. The van der Waals surface area contributed by atoms with Crippen molar-refractivity contribution in [3.05, 3.63) is 40.0 Å². The van der Waals surface area contributed by atoms with E-state index in [4.69, 9.17) is 32.7 Å². The lowest BCUT2D eigenvalue weighted by Gasteiger charge is -2.36. The van der Waals surface area contributed by atoms with E-state index < -0.39 is 0 Å². The van der Waals surface area contributed by atoms with Crippen molar-refractivity contribution in [1.82, 2.24) is 15.3 Å². The van der Waals surface area contributed by atoms with Crippen LogP contribution in [0.25, 0.3) is 0 Å². The van der Waals surface area contributed by atoms with Crippen molar-refractivity contribution in [3.8, 4) is 5.88 Å². The molecule has 1 atom stereocenters. The summed E-state index contributed by atoms with van der Waals surface area (Å²) in [6.45, 7) is 4.12. The predicted octanol–water partition coefficient (Wildman–Crippen LogP) is 3.03. The first-order valence-electron chi connectivity index (χ1n) is 10.3. The van der Waals surface area contributed by atoms with Crippen LogP contribution in [0.5, 0.6) is 5.88 Å². The van der Waals surface area contributed by atoms with E-state index in [0.29, 0.717) is 41.2 Å². The molecule has 4 rings (SSSR count). The number of amides is 1. The number of carbonyl (C=O) groups is 1. The summed E-state index contributed by atoms with van der Waals surface area (Å²) in [5.41, 5.74) is 1.24. The van der Waals surface area contributed by atoms with Gasteiger partial charge in [-0.15, -0.1) is 0 Å². The highest BCUT2D eigenvalue weighted by Gasteiger charge is 2.24. The molecule has 1 N–H and O–H groups in total. The summed E-state index contributed by atoms with van der Waals surface area (Å²) in [6, 6.07) is 5.64. The monoisotopic (exact) mass is 465 g/mol. The Balaban J connectivity index is 1.40. The second-order valence-corrected chi connectivity index (χ2v) is 8.27. The van der Waals surface area contributed by atoms with Crippen LogP contribution < -0.4 is 19.9 Å². The molecule has 2 aliphatic rings. The fourth-order valence-corrected chi connectivity index (χ4v) is 4.23. The number of rotatable bonds is 6. The number of carbonyl (C=O) groups excluding carboxylic acids is 1. The predicted molar refractivity (Wildman–Crippen MR) is 121 cm³/mol. The fourth-order valence-electron chi connectivity index (χ4n) is 3.81. The Morgan fingerprint density at radius 3 is 2.74 bits per heavy atom. The maximum Gasteiger partial charge on any atom is 0.258 e. The van der Waals surface area contributed by atoms with Crippen molar-refractivity contribution in [3.63, 3.8) is 0 Å². The molecule has 0 bridgehead atoms. The highest BCUT2D eigenvalue weighted by Crippen LogP contribution is 2.33. The van der Waals surface area contributed by atoms with E-state index in [1.807, 2.05) is 12.1 Å². The molecule has 1 unspecified atom stereocenters. The third kappa shape index (κ3) is 4.97. The minimum absolute atomic E-state index is 0.0689. The van der Waals surface area contributed by atoms with Crippen LogP contribution in [0, 0.1) is 0 Å². The summed E-state index contributed by atoms with van der Waals surface area (Å²) in [7, 11) is 1.50. The molecular weight excluding hydrogens is 441 g/mol. The van der Waals surface area contributed by atoms with Crippen LogP contribution in [-0.4, -0.2) is 68.4 Å². The lowest BCUT2D eigenvalue weighted by atomic mass is 10.2. The molecule has 2 aliphatic heterocycles. The minimum Gasteiger partial charge on any atom is -0.480 e. The van der Waals surface area contributed by atoms with Gasteiger partial charge in [0.1, 0.15) is 5.56 Å². The molecule has 1 aromatic carbocycles. The third-order valence-electron chi connectivity index (χ3n) is 5.53. The van der Waals surface area contributed by atoms with E-state index >= 15 is 0 Å². The van der Waals surface area contributed by atoms with Crippen LogP contribution in [0.2, 0.25) is 10.0 Å². The van der Waals surface area contributed by atoms with Crippen LogP contribution in [0.1, 0.15) is 23.2 Å². The van der Waals surface area contributed by atoms with Crippen molar-refractivity contribution in [1.29, 1.82) is 0 Å². The summed E-state index contributed by atoms with van der Waals surface area (Å²) >= 11 is 12.5. The van der Waals surface area contributed by atoms with Crippen molar-refractivity contribution in [2.24, 2.45) is 0 Å². The maximum absolute atomic E-state index is 12.6. The average Bonchev–Trinajstić information content (AvgIpc) is 3.33. The molecule has 1 aromatic heterocycles. The molecule has 2 aromatic rings. The largest absolute Gasteiger partial charge is 0.480 e. The molecule has 31 heavy (non-hydrogen) atoms. The zero-order valence-electron chi connectivity index (χ0n) is 17.3. The molecule has 2 saturated heterocycles. The molecule has 166 valence electrons. The number of aromatic nitrogens is 2. The number of nitrogens with one attached hydrogen (secondary N) is 1. The van der Waals surface area contributed by atoms with Gasteiger partial charge in [-0.05, 0) is 25.0 Å². The van der Waals surface area contributed by atoms with Crippen molar-refractivity contribution < 1.29 is 14.3 Å². The first-order valence-corrected chi connectivity index (χ1v) is 11.1. The van der Waals surface area contributed by atoms with Gasteiger partial charge in [-0.3, -0.25) is 4.79 Å². The number of hydrogen-bond acceptors (Lipinski definition) is 7. The zero-order valence-corrected chi connectivity index (χ0v) is 18.8. The number of ether oxygens (including phenoxy) is 2. The van der Waals surface area contributed by atoms with Gasteiger partial charge < -0.3 is 24.6 Å². The molecule has 8 nitrogen and oxygen atoms in total. The van der Waals surface area contributed by atoms with Gasteiger partial charge in [0.15, 0.2) is 0 Å². The van der Waals surface area contributed by atoms with Crippen molar-refractivity contribution >= 4 is 40.7 Å². The van der Waals surface area contributed by atoms with Crippen LogP contribution in [-0.2, 0) is 4.74 Å². The number of hydrogen-bond donors (Lipinski definition) is 1.